The lowest BCUT2D eigenvalue weighted by atomic mass is 10.1. The SMILES string of the molecule is COc1ccc(OC)c(NS(=O)(=O)c2ccc(NC(=O)c3ccccc3N(Cc3ccc(Cl)cc3)S(=O)(=O)c3ccc(C)cc3)cc2)c1. The number of methoxy groups -OCH3 is 2. The van der Waals surface area contributed by atoms with E-state index in [1.54, 1.807) is 66.7 Å². The van der Waals surface area contributed by atoms with Crippen LogP contribution >= 0.6 is 11.6 Å². The fourth-order valence-corrected chi connectivity index (χ4v) is 7.45. The minimum absolute atomic E-state index is 0.0641. The Kier molecular flexibility index (Phi) is 10.3. The zero-order valence-electron chi connectivity index (χ0n) is 26.2. The summed E-state index contributed by atoms with van der Waals surface area (Å²) in [7, 11) is -5.30. The van der Waals surface area contributed by atoms with Crippen molar-refractivity contribution in [3.05, 3.63) is 137 Å². The van der Waals surface area contributed by atoms with Crippen molar-refractivity contribution in [1.82, 2.24) is 0 Å². The van der Waals surface area contributed by atoms with E-state index in [4.69, 9.17) is 21.1 Å². The summed E-state index contributed by atoms with van der Waals surface area (Å²) in [6, 6.07) is 29.9. The predicted octanol–water partition coefficient (Wildman–Crippen LogP) is 7.11. The quantitative estimate of drug-likeness (QED) is 0.141. The van der Waals surface area contributed by atoms with Crippen molar-refractivity contribution in [2.75, 3.05) is 28.6 Å². The van der Waals surface area contributed by atoms with Gasteiger partial charge in [0.2, 0.25) is 0 Å². The molecular weight excluding hydrogens is 674 g/mol. The van der Waals surface area contributed by atoms with Crippen molar-refractivity contribution in [2.45, 2.75) is 23.3 Å². The van der Waals surface area contributed by atoms with E-state index in [1.807, 2.05) is 6.92 Å². The first-order valence-electron chi connectivity index (χ1n) is 14.5. The number of nitrogens with one attached hydrogen (secondary N) is 2. The molecule has 0 saturated heterocycles. The summed E-state index contributed by atoms with van der Waals surface area (Å²) in [6.07, 6.45) is 0. The van der Waals surface area contributed by atoms with Crippen LogP contribution in [0.5, 0.6) is 11.5 Å². The number of hydrogen-bond acceptors (Lipinski definition) is 7. The van der Waals surface area contributed by atoms with Gasteiger partial charge in [0, 0.05) is 16.8 Å². The Morgan fingerprint density at radius 1 is 0.771 bits per heavy atom. The molecule has 0 aliphatic heterocycles. The normalized spacial score (nSPS) is 11.4. The molecule has 0 aromatic heterocycles. The topological polar surface area (TPSA) is 131 Å². The molecule has 13 heteroatoms. The highest BCUT2D eigenvalue weighted by Gasteiger charge is 2.29. The highest BCUT2D eigenvalue weighted by Crippen LogP contribution is 2.32. The highest BCUT2D eigenvalue weighted by molar-refractivity contribution is 7.93. The van der Waals surface area contributed by atoms with E-state index in [2.05, 4.69) is 10.0 Å². The zero-order valence-corrected chi connectivity index (χ0v) is 28.6. The number of rotatable bonds is 12. The molecule has 0 atom stereocenters. The van der Waals surface area contributed by atoms with Crippen LogP contribution in [-0.4, -0.2) is 37.0 Å². The first kappa shape index (κ1) is 34.3. The van der Waals surface area contributed by atoms with Gasteiger partial charge in [0.1, 0.15) is 11.5 Å². The lowest BCUT2D eigenvalue weighted by Crippen LogP contribution is -2.32. The van der Waals surface area contributed by atoms with Gasteiger partial charge >= 0.3 is 0 Å². The lowest BCUT2D eigenvalue weighted by molar-refractivity contribution is 0.102. The second-order valence-electron chi connectivity index (χ2n) is 10.6. The summed E-state index contributed by atoms with van der Waals surface area (Å²) in [6.45, 7) is 1.78. The van der Waals surface area contributed by atoms with Crippen LogP contribution in [0.15, 0.2) is 125 Å². The van der Waals surface area contributed by atoms with Gasteiger partial charge in [-0.1, -0.05) is 53.6 Å². The molecule has 0 spiro atoms. The Morgan fingerprint density at radius 2 is 1.42 bits per heavy atom. The van der Waals surface area contributed by atoms with Gasteiger partial charge in [-0.05, 0) is 85.3 Å². The smallest absolute Gasteiger partial charge is 0.264 e. The van der Waals surface area contributed by atoms with E-state index in [-0.39, 0.29) is 33.3 Å². The molecule has 5 rings (SSSR count). The van der Waals surface area contributed by atoms with E-state index in [9.17, 15) is 21.6 Å². The van der Waals surface area contributed by atoms with Crippen LogP contribution in [0.2, 0.25) is 5.02 Å². The molecule has 10 nitrogen and oxygen atoms in total. The van der Waals surface area contributed by atoms with Gasteiger partial charge in [0.05, 0.1) is 47.5 Å². The molecule has 0 heterocycles. The summed E-state index contributed by atoms with van der Waals surface area (Å²) in [5.41, 5.74) is 2.27. The fourth-order valence-electron chi connectivity index (χ4n) is 4.79. The van der Waals surface area contributed by atoms with Gasteiger partial charge < -0.3 is 14.8 Å². The minimum atomic E-state index is -4.14. The molecular formula is C35H32ClN3O7S2. The van der Waals surface area contributed by atoms with Crippen LogP contribution in [0.1, 0.15) is 21.5 Å². The number of sulfonamides is 2. The van der Waals surface area contributed by atoms with Crippen LogP contribution in [0.25, 0.3) is 0 Å². The molecule has 48 heavy (non-hydrogen) atoms. The predicted molar refractivity (Wildman–Crippen MR) is 187 cm³/mol. The number of para-hydroxylation sites is 1. The number of halogens is 1. The van der Waals surface area contributed by atoms with Gasteiger partial charge in [-0.3, -0.25) is 13.8 Å². The van der Waals surface area contributed by atoms with Gasteiger partial charge in [-0.2, -0.15) is 0 Å². The number of ether oxygens (including phenoxy) is 2. The fraction of sp³-hybridized carbons (Fsp3) is 0.114. The summed E-state index contributed by atoms with van der Waals surface area (Å²) in [5.74, 6) is 0.141. The molecule has 5 aromatic carbocycles. The van der Waals surface area contributed by atoms with Crippen molar-refractivity contribution >= 4 is 54.6 Å². The summed E-state index contributed by atoms with van der Waals surface area (Å²) >= 11 is 6.07. The Labute approximate surface area is 285 Å². The van der Waals surface area contributed by atoms with Gasteiger partial charge in [-0.25, -0.2) is 16.8 Å². The third-order valence-corrected chi connectivity index (χ3v) is 10.7. The van der Waals surface area contributed by atoms with Crippen LogP contribution in [-0.2, 0) is 26.6 Å². The number of hydrogen-bond donors (Lipinski definition) is 2. The molecule has 0 saturated carbocycles. The Bertz CT molecular complexity index is 2140. The van der Waals surface area contributed by atoms with Crippen molar-refractivity contribution in [3.8, 4) is 11.5 Å². The number of benzene rings is 5. The Balaban J connectivity index is 1.43. The maximum Gasteiger partial charge on any atom is 0.264 e. The van der Waals surface area contributed by atoms with Gasteiger partial charge in [0.25, 0.3) is 26.0 Å². The van der Waals surface area contributed by atoms with Gasteiger partial charge in [-0.15, -0.1) is 0 Å². The standard InChI is InChI=1S/C35H32ClN3O7S2/c1-24-8-17-30(18-9-24)48(43,44)39(23-25-10-12-26(36)13-11-25)33-7-5-4-6-31(33)35(40)37-27-14-19-29(20-15-27)47(41,42)38-32-22-28(45-2)16-21-34(32)46-3/h4-22,38H,23H2,1-3H3,(H,37,40). The zero-order chi connectivity index (χ0) is 34.5. The molecule has 5 aromatic rings. The van der Waals surface area contributed by atoms with Crippen molar-refractivity contribution in [3.63, 3.8) is 0 Å². The number of nitrogens with zero attached hydrogens (tertiary/aromatic N) is 1. The summed E-state index contributed by atoms with van der Waals surface area (Å²) in [4.78, 5) is 13.7. The number of carbonyl (C=O) groups is 1. The Hall–Kier alpha value is -5.04. The van der Waals surface area contributed by atoms with E-state index in [0.717, 1.165) is 5.56 Å². The molecule has 0 aliphatic rings. The number of aryl methyl sites for hydroxylation is 1. The largest absolute Gasteiger partial charge is 0.497 e. The average Bonchev–Trinajstić information content (AvgIpc) is 3.08. The van der Waals surface area contributed by atoms with Crippen LogP contribution in [0.4, 0.5) is 17.1 Å². The average molecular weight is 706 g/mol. The lowest BCUT2D eigenvalue weighted by Gasteiger charge is -2.27. The summed E-state index contributed by atoms with van der Waals surface area (Å²) in [5, 5.41) is 3.26. The van der Waals surface area contributed by atoms with Crippen molar-refractivity contribution < 1.29 is 31.1 Å². The highest BCUT2D eigenvalue weighted by atomic mass is 35.5. The molecule has 2 N–H and O–H groups in total. The van der Waals surface area contributed by atoms with Crippen molar-refractivity contribution in [2.24, 2.45) is 0 Å². The molecule has 0 fully saturated rings. The van der Waals surface area contributed by atoms with E-state index in [1.165, 1.54) is 67.1 Å². The van der Waals surface area contributed by atoms with Crippen LogP contribution < -0.4 is 23.8 Å². The summed E-state index contributed by atoms with van der Waals surface area (Å²) < 4.78 is 68.7. The minimum Gasteiger partial charge on any atom is -0.497 e. The molecule has 0 radical (unpaired) electrons. The van der Waals surface area contributed by atoms with Crippen molar-refractivity contribution in [1.29, 1.82) is 0 Å². The molecule has 0 unspecified atom stereocenters. The van der Waals surface area contributed by atoms with E-state index < -0.39 is 26.0 Å². The molecule has 1 amide bonds. The third kappa shape index (κ3) is 7.73. The Morgan fingerprint density at radius 3 is 2.06 bits per heavy atom. The van der Waals surface area contributed by atoms with Crippen LogP contribution in [0.3, 0.4) is 0 Å². The number of amides is 1. The van der Waals surface area contributed by atoms with E-state index >= 15 is 0 Å². The number of carbonyl (C=O) groups excluding carboxylic acids is 1. The number of anilines is 3. The van der Waals surface area contributed by atoms with Gasteiger partial charge in [0.15, 0.2) is 0 Å². The molecule has 0 aliphatic carbocycles. The third-order valence-electron chi connectivity index (χ3n) is 7.34. The van der Waals surface area contributed by atoms with E-state index in [0.29, 0.717) is 27.8 Å². The molecule has 0 bridgehead atoms. The second kappa shape index (κ2) is 14.4. The van der Waals surface area contributed by atoms with Crippen LogP contribution in [0, 0.1) is 6.92 Å². The molecule has 248 valence electrons. The first-order valence-corrected chi connectivity index (χ1v) is 17.8. The maximum atomic E-state index is 14.1. The second-order valence-corrected chi connectivity index (χ2v) is 14.6. The maximum absolute atomic E-state index is 14.1. The first-order chi connectivity index (χ1) is 22.9. The monoisotopic (exact) mass is 705 g/mol.